The molecule has 0 aliphatic carbocycles. The zero-order valence-electron chi connectivity index (χ0n) is 34.2. The summed E-state index contributed by atoms with van der Waals surface area (Å²) in [4.78, 5) is 2.48. The second kappa shape index (κ2) is 14.3. The maximum atomic E-state index is 2.48. The molecule has 294 valence electrons. The number of hydrogen-bond acceptors (Lipinski definition) is 2. The highest BCUT2D eigenvalue weighted by Crippen LogP contribution is 2.47. The third-order valence-electron chi connectivity index (χ3n) is 13.0. The van der Waals surface area contributed by atoms with Crippen molar-refractivity contribution in [1.82, 2.24) is 4.57 Å². The third-order valence-corrected chi connectivity index (χ3v) is 14.1. The highest BCUT2D eigenvalue weighted by molar-refractivity contribution is 7.25. The molecule has 0 spiro atoms. The fourth-order valence-electron chi connectivity index (χ4n) is 10.1. The first-order chi connectivity index (χ1) is 31.2. The minimum Gasteiger partial charge on any atom is -0.309 e. The molecule has 0 saturated carbocycles. The number of fused-ring (bicyclic) bond motifs is 10. The number of benzene rings is 11. The predicted molar refractivity (Wildman–Crippen MR) is 272 cm³/mol. The monoisotopic (exact) mass is 818 g/mol. The fraction of sp³-hybridized carbons (Fsp3) is 0. The molecule has 3 heteroatoms. The first kappa shape index (κ1) is 35.7. The number of rotatable bonds is 6. The first-order valence-electron chi connectivity index (χ1n) is 21.6. The van der Waals surface area contributed by atoms with Crippen LogP contribution >= 0.6 is 11.3 Å². The summed E-state index contributed by atoms with van der Waals surface area (Å²) < 4.78 is 5.03. The van der Waals surface area contributed by atoms with Crippen molar-refractivity contribution in [2.75, 3.05) is 4.90 Å². The van der Waals surface area contributed by atoms with Crippen LogP contribution in [0.3, 0.4) is 0 Å². The SMILES string of the molecule is c1ccc(-n2c3ccccc3c3cc(-c4ccc(N(c5ccc(-c6ccc7sc8ccccc8c7c6)cc5)c5cc6ccccc6c6ccccc56)c5ccccc45)ccc32)cc1. The number of hydrogen-bond donors (Lipinski definition) is 0. The Morgan fingerprint density at radius 1 is 0.317 bits per heavy atom. The Morgan fingerprint density at radius 2 is 0.905 bits per heavy atom. The van der Waals surface area contributed by atoms with E-state index >= 15 is 0 Å². The van der Waals surface area contributed by atoms with Crippen molar-refractivity contribution in [3.05, 3.63) is 231 Å². The molecule has 2 nitrogen and oxygen atoms in total. The quantitative estimate of drug-likeness (QED) is 0.152. The Balaban J connectivity index is 1.00. The lowest BCUT2D eigenvalue weighted by Gasteiger charge is -2.29. The van der Waals surface area contributed by atoms with Gasteiger partial charge in [0, 0.05) is 53.1 Å². The molecule has 11 aromatic carbocycles. The molecule has 13 aromatic rings. The summed E-state index contributed by atoms with van der Waals surface area (Å²) >= 11 is 1.86. The van der Waals surface area contributed by atoms with E-state index in [9.17, 15) is 0 Å². The predicted octanol–water partition coefficient (Wildman–Crippen LogP) is 17.4. The van der Waals surface area contributed by atoms with E-state index in [1.165, 1.54) is 96.5 Å². The largest absolute Gasteiger partial charge is 0.309 e. The van der Waals surface area contributed by atoms with E-state index in [-0.39, 0.29) is 0 Å². The van der Waals surface area contributed by atoms with Gasteiger partial charge in [-0.15, -0.1) is 11.3 Å². The van der Waals surface area contributed by atoms with Crippen LogP contribution in [-0.2, 0) is 0 Å². The lowest BCUT2D eigenvalue weighted by molar-refractivity contribution is 1.18. The van der Waals surface area contributed by atoms with Gasteiger partial charge in [0.1, 0.15) is 0 Å². The standard InChI is InChI=1S/C60H38N2S/c1-2-15-43(16-3-1)61-55-24-12-10-22-51(55)53-37-42(28-33-57(53)61)46-32-34-56(49-20-8-6-19-48(46)49)62(58-38-41-14-4-5-17-45(41)47-18-7-9-21-50(47)58)44-30-26-39(27-31-44)40-29-35-60-54(36-40)52-23-11-13-25-59(52)63-60/h1-38H. The highest BCUT2D eigenvalue weighted by Gasteiger charge is 2.22. The summed E-state index contributed by atoms with van der Waals surface area (Å²) in [5.41, 5.74) is 11.8. The molecule has 0 atom stereocenters. The van der Waals surface area contributed by atoms with Gasteiger partial charge in [-0.1, -0.05) is 158 Å². The minimum atomic E-state index is 1.11. The summed E-state index contributed by atoms with van der Waals surface area (Å²) in [5.74, 6) is 0. The summed E-state index contributed by atoms with van der Waals surface area (Å²) in [6, 6.07) is 84.9. The first-order valence-corrected chi connectivity index (χ1v) is 22.4. The van der Waals surface area contributed by atoms with Crippen molar-refractivity contribution in [2.24, 2.45) is 0 Å². The van der Waals surface area contributed by atoms with E-state index in [4.69, 9.17) is 0 Å². The van der Waals surface area contributed by atoms with Gasteiger partial charge in [0.15, 0.2) is 0 Å². The van der Waals surface area contributed by atoms with Gasteiger partial charge in [0.05, 0.1) is 22.4 Å². The third kappa shape index (κ3) is 5.71. The van der Waals surface area contributed by atoms with E-state index in [1.807, 2.05) is 11.3 Å². The minimum absolute atomic E-state index is 1.11. The van der Waals surface area contributed by atoms with Crippen molar-refractivity contribution < 1.29 is 0 Å². The molecular formula is C60H38N2S. The Morgan fingerprint density at radius 3 is 1.73 bits per heavy atom. The lowest BCUT2D eigenvalue weighted by Crippen LogP contribution is -2.11. The van der Waals surface area contributed by atoms with Crippen LogP contribution in [0.25, 0.3) is 102 Å². The molecule has 0 amide bonds. The van der Waals surface area contributed by atoms with E-state index in [1.54, 1.807) is 0 Å². The van der Waals surface area contributed by atoms with Crippen LogP contribution in [0.5, 0.6) is 0 Å². The lowest BCUT2D eigenvalue weighted by atomic mass is 9.94. The van der Waals surface area contributed by atoms with Crippen molar-refractivity contribution in [3.63, 3.8) is 0 Å². The molecule has 2 aromatic heterocycles. The topological polar surface area (TPSA) is 8.17 Å². The van der Waals surface area contributed by atoms with Crippen molar-refractivity contribution in [3.8, 4) is 27.9 Å². The number of anilines is 3. The zero-order chi connectivity index (χ0) is 41.4. The average Bonchev–Trinajstić information content (AvgIpc) is 3.90. The van der Waals surface area contributed by atoms with Crippen LogP contribution in [0, 0.1) is 0 Å². The fourth-order valence-corrected chi connectivity index (χ4v) is 11.1. The number of aromatic nitrogens is 1. The Hall–Kier alpha value is -7.98. The van der Waals surface area contributed by atoms with Crippen LogP contribution in [-0.4, -0.2) is 4.57 Å². The molecule has 2 heterocycles. The summed E-state index contributed by atoms with van der Waals surface area (Å²) in [7, 11) is 0. The molecular weight excluding hydrogens is 781 g/mol. The van der Waals surface area contributed by atoms with Gasteiger partial charge < -0.3 is 9.47 Å². The van der Waals surface area contributed by atoms with Crippen LogP contribution in [0.1, 0.15) is 0 Å². The molecule has 0 radical (unpaired) electrons. The van der Waals surface area contributed by atoms with Crippen molar-refractivity contribution in [1.29, 1.82) is 0 Å². The van der Waals surface area contributed by atoms with Gasteiger partial charge in [0.25, 0.3) is 0 Å². The second-order valence-corrected chi connectivity index (χ2v) is 17.5. The van der Waals surface area contributed by atoms with Gasteiger partial charge >= 0.3 is 0 Å². The van der Waals surface area contributed by atoms with Crippen molar-refractivity contribution in [2.45, 2.75) is 0 Å². The Kier molecular flexibility index (Phi) is 8.12. The van der Waals surface area contributed by atoms with Gasteiger partial charge in [0.2, 0.25) is 0 Å². The van der Waals surface area contributed by atoms with Gasteiger partial charge in [-0.2, -0.15) is 0 Å². The van der Waals surface area contributed by atoms with Gasteiger partial charge in [-0.05, 0) is 117 Å². The van der Waals surface area contributed by atoms with E-state index in [0.29, 0.717) is 0 Å². The highest BCUT2D eigenvalue weighted by atomic mass is 32.1. The second-order valence-electron chi connectivity index (χ2n) is 16.5. The molecule has 0 fully saturated rings. The molecule has 0 aliphatic heterocycles. The maximum absolute atomic E-state index is 2.48. The Labute approximate surface area is 368 Å². The molecule has 63 heavy (non-hydrogen) atoms. The van der Waals surface area contributed by atoms with E-state index in [0.717, 1.165) is 22.7 Å². The van der Waals surface area contributed by atoms with Crippen LogP contribution in [0.15, 0.2) is 231 Å². The summed E-state index contributed by atoms with van der Waals surface area (Å²) in [5, 5.41) is 12.5. The molecule has 0 aliphatic rings. The van der Waals surface area contributed by atoms with Gasteiger partial charge in [-0.25, -0.2) is 0 Å². The number of thiophene rings is 1. The normalized spacial score (nSPS) is 11.8. The number of para-hydroxylation sites is 2. The van der Waals surface area contributed by atoms with Crippen molar-refractivity contribution >= 4 is 103 Å². The zero-order valence-corrected chi connectivity index (χ0v) is 35.1. The van der Waals surface area contributed by atoms with Crippen LogP contribution < -0.4 is 4.90 Å². The van der Waals surface area contributed by atoms with E-state index in [2.05, 4.69) is 240 Å². The van der Waals surface area contributed by atoms with Crippen LogP contribution in [0.2, 0.25) is 0 Å². The average molecular weight is 819 g/mol. The molecule has 13 rings (SSSR count). The summed E-state index contributed by atoms with van der Waals surface area (Å²) in [6.45, 7) is 0. The van der Waals surface area contributed by atoms with Gasteiger partial charge in [-0.3, -0.25) is 0 Å². The molecule has 0 N–H and O–H groups in total. The van der Waals surface area contributed by atoms with E-state index < -0.39 is 0 Å². The molecule has 0 saturated heterocycles. The summed E-state index contributed by atoms with van der Waals surface area (Å²) in [6.07, 6.45) is 0. The maximum Gasteiger partial charge on any atom is 0.0546 e. The number of nitrogens with zero attached hydrogens (tertiary/aromatic N) is 2. The Bertz CT molecular complexity index is 3910. The smallest absolute Gasteiger partial charge is 0.0546 e. The molecule has 0 unspecified atom stereocenters. The molecule has 0 bridgehead atoms. The van der Waals surface area contributed by atoms with Crippen LogP contribution in [0.4, 0.5) is 17.1 Å².